The van der Waals surface area contributed by atoms with E-state index in [2.05, 4.69) is 27.7 Å². The van der Waals surface area contributed by atoms with E-state index < -0.39 is 24.6 Å². The molecule has 2 saturated heterocycles. The summed E-state index contributed by atoms with van der Waals surface area (Å²) in [7, 11) is 0. The first-order chi connectivity index (χ1) is 16.2. The predicted molar refractivity (Wildman–Crippen MR) is 129 cm³/mol. The highest BCUT2D eigenvalue weighted by Crippen LogP contribution is 2.23. The number of hydrogen-bond acceptors (Lipinski definition) is 9. The molecule has 2 heterocycles. The standard InChI is InChI=1S/C24H46N4O6/c1-17(2)21-26(13-15-31-21)19(5)33-23(29)28(12-10-8-7-9-11-25)24(30)34-20(6)27-14-16-32-22(27)18(3)4/h17-22H,7-16,25H2,1-6H3. The Morgan fingerprint density at radius 3 is 1.68 bits per heavy atom. The van der Waals surface area contributed by atoms with Crippen molar-refractivity contribution in [1.82, 2.24) is 14.7 Å². The number of carbonyl (C=O) groups is 2. The van der Waals surface area contributed by atoms with E-state index in [1.807, 2.05) is 23.6 Å². The maximum Gasteiger partial charge on any atom is 0.420 e. The molecule has 2 aliphatic rings. The molecule has 2 aliphatic heterocycles. The van der Waals surface area contributed by atoms with Crippen molar-refractivity contribution in [2.24, 2.45) is 17.6 Å². The average molecular weight is 487 g/mol. The van der Waals surface area contributed by atoms with Crippen molar-refractivity contribution in [3.05, 3.63) is 0 Å². The molecule has 0 bridgehead atoms. The van der Waals surface area contributed by atoms with E-state index in [1.165, 1.54) is 0 Å². The molecule has 2 rings (SSSR count). The minimum absolute atomic E-state index is 0.123. The molecule has 198 valence electrons. The van der Waals surface area contributed by atoms with Gasteiger partial charge in [0.15, 0.2) is 12.5 Å². The molecule has 0 aromatic heterocycles. The molecule has 0 spiro atoms. The Kier molecular flexibility index (Phi) is 12.0. The summed E-state index contributed by atoms with van der Waals surface area (Å²) in [6.45, 7) is 15.3. The molecule has 0 aromatic rings. The van der Waals surface area contributed by atoms with Crippen LogP contribution >= 0.6 is 0 Å². The van der Waals surface area contributed by atoms with Gasteiger partial charge in [0.05, 0.1) is 13.2 Å². The number of hydrogen-bond donors (Lipinski definition) is 1. The first-order valence-electron chi connectivity index (χ1n) is 12.8. The largest absolute Gasteiger partial charge is 0.430 e. The number of rotatable bonds is 12. The maximum absolute atomic E-state index is 13.1. The third-order valence-electron chi connectivity index (χ3n) is 6.32. The molecule has 34 heavy (non-hydrogen) atoms. The summed E-state index contributed by atoms with van der Waals surface area (Å²) in [5.41, 5.74) is 5.57. The van der Waals surface area contributed by atoms with Gasteiger partial charge in [-0.2, -0.15) is 0 Å². The molecule has 2 N–H and O–H groups in total. The van der Waals surface area contributed by atoms with Gasteiger partial charge in [-0.3, -0.25) is 0 Å². The first kappa shape index (κ1) is 28.8. The number of carbonyl (C=O) groups excluding carboxylic acids is 2. The Balaban J connectivity index is 2.02. The molecule has 0 aromatic carbocycles. The fraction of sp³-hybridized carbons (Fsp3) is 0.917. The molecule has 0 aliphatic carbocycles. The summed E-state index contributed by atoms with van der Waals surface area (Å²) < 4.78 is 23.0. The summed E-state index contributed by atoms with van der Waals surface area (Å²) in [6.07, 6.45) is 0.704. The summed E-state index contributed by atoms with van der Waals surface area (Å²) >= 11 is 0. The van der Waals surface area contributed by atoms with E-state index in [0.717, 1.165) is 24.2 Å². The zero-order valence-electron chi connectivity index (χ0n) is 21.9. The first-order valence-corrected chi connectivity index (χ1v) is 12.8. The second-order valence-corrected chi connectivity index (χ2v) is 9.81. The number of imide groups is 1. The summed E-state index contributed by atoms with van der Waals surface area (Å²) in [5, 5.41) is 0. The second kappa shape index (κ2) is 14.2. The van der Waals surface area contributed by atoms with Crippen molar-refractivity contribution in [2.45, 2.75) is 92.1 Å². The van der Waals surface area contributed by atoms with Crippen molar-refractivity contribution >= 4 is 12.2 Å². The van der Waals surface area contributed by atoms with Crippen LogP contribution in [-0.4, -0.2) is 91.2 Å². The van der Waals surface area contributed by atoms with Gasteiger partial charge in [0, 0.05) is 19.6 Å². The van der Waals surface area contributed by atoms with E-state index in [-0.39, 0.29) is 30.8 Å². The SMILES string of the molecule is CC(C)C1OCCN1C(C)OC(=O)N(CCCCCCN)C(=O)OC(C)N1CCOC1C(C)C. The van der Waals surface area contributed by atoms with Crippen LogP contribution in [-0.2, 0) is 18.9 Å². The van der Waals surface area contributed by atoms with Crippen LogP contribution in [0.3, 0.4) is 0 Å². The van der Waals surface area contributed by atoms with Crippen LogP contribution in [0.2, 0.25) is 0 Å². The van der Waals surface area contributed by atoms with E-state index in [0.29, 0.717) is 39.3 Å². The van der Waals surface area contributed by atoms with Gasteiger partial charge >= 0.3 is 12.2 Å². The number of amides is 2. The van der Waals surface area contributed by atoms with Crippen molar-refractivity contribution in [3.63, 3.8) is 0 Å². The van der Waals surface area contributed by atoms with Gasteiger partial charge < -0.3 is 24.7 Å². The van der Waals surface area contributed by atoms with Crippen LogP contribution in [0.1, 0.15) is 67.2 Å². The van der Waals surface area contributed by atoms with Crippen LogP contribution < -0.4 is 5.73 Å². The van der Waals surface area contributed by atoms with Crippen molar-refractivity contribution in [2.75, 3.05) is 39.4 Å². The van der Waals surface area contributed by atoms with E-state index >= 15 is 0 Å². The Morgan fingerprint density at radius 1 is 0.824 bits per heavy atom. The summed E-state index contributed by atoms with van der Waals surface area (Å²) in [4.78, 5) is 31.3. The fourth-order valence-corrected chi connectivity index (χ4v) is 4.51. The number of unbranched alkanes of at least 4 members (excludes halogenated alkanes) is 3. The highest BCUT2D eigenvalue weighted by molar-refractivity contribution is 5.87. The van der Waals surface area contributed by atoms with Crippen molar-refractivity contribution in [3.8, 4) is 0 Å². The summed E-state index contributed by atoms with van der Waals surface area (Å²) in [5.74, 6) is 0.509. The monoisotopic (exact) mass is 486 g/mol. The molecule has 10 nitrogen and oxygen atoms in total. The zero-order chi connectivity index (χ0) is 25.3. The molecular formula is C24H46N4O6. The molecule has 10 heteroatoms. The topological polar surface area (TPSA) is 107 Å². The number of ether oxygens (including phenoxy) is 4. The smallest absolute Gasteiger partial charge is 0.420 e. The predicted octanol–water partition coefficient (Wildman–Crippen LogP) is 3.40. The maximum atomic E-state index is 13.1. The Hall–Kier alpha value is -1.46. The Labute approximate surface area is 205 Å². The number of nitrogens with zero attached hydrogens (tertiary/aromatic N) is 3. The average Bonchev–Trinajstić information content (AvgIpc) is 3.46. The fourth-order valence-electron chi connectivity index (χ4n) is 4.51. The van der Waals surface area contributed by atoms with Crippen LogP contribution in [0.25, 0.3) is 0 Å². The normalized spacial score (nSPS) is 23.4. The van der Waals surface area contributed by atoms with Crippen LogP contribution in [0.5, 0.6) is 0 Å². The Bertz CT molecular complexity index is 589. The van der Waals surface area contributed by atoms with Crippen LogP contribution in [0, 0.1) is 11.8 Å². The zero-order valence-corrected chi connectivity index (χ0v) is 21.9. The molecular weight excluding hydrogens is 440 g/mol. The third-order valence-corrected chi connectivity index (χ3v) is 6.32. The lowest BCUT2D eigenvalue weighted by atomic mass is 10.2. The minimum atomic E-state index is -0.698. The lowest BCUT2D eigenvalue weighted by molar-refractivity contribution is -0.0939. The number of nitrogens with two attached hydrogens (primary N) is 1. The third kappa shape index (κ3) is 8.05. The van der Waals surface area contributed by atoms with Crippen molar-refractivity contribution in [1.29, 1.82) is 0 Å². The molecule has 4 unspecified atom stereocenters. The van der Waals surface area contributed by atoms with E-state index in [9.17, 15) is 9.59 Å². The van der Waals surface area contributed by atoms with Gasteiger partial charge in [-0.15, -0.1) is 0 Å². The van der Waals surface area contributed by atoms with Gasteiger partial charge in [0.1, 0.15) is 12.5 Å². The van der Waals surface area contributed by atoms with Crippen molar-refractivity contribution < 1.29 is 28.5 Å². The summed E-state index contributed by atoms with van der Waals surface area (Å²) in [6, 6.07) is 0. The van der Waals surface area contributed by atoms with Gasteiger partial charge in [-0.1, -0.05) is 40.5 Å². The lowest BCUT2D eigenvalue weighted by Gasteiger charge is -2.33. The van der Waals surface area contributed by atoms with Crippen LogP contribution in [0.15, 0.2) is 0 Å². The van der Waals surface area contributed by atoms with Gasteiger partial charge in [-0.25, -0.2) is 24.3 Å². The second-order valence-electron chi connectivity index (χ2n) is 9.81. The van der Waals surface area contributed by atoms with Crippen LogP contribution in [0.4, 0.5) is 9.59 Å². The van der Waals surface area contributed by atoms with E-state index in [1.54, 1.807) is 0 Å². The van der Waals surface area contributed by atoms with Gasteiger partial charge in [0.25, 0.3) is 0 Å². The molecule has 0 radical (unpaired) electrons. The van der Waals surface area contributed by atoms with E-state index in [4.69, 9.17) is 24.7 Å². The molecule has 4 atom stereocenters. The molecule has 2 fully saturated rings. The lowest BCUT2D eigenvalue weighted by Crippen LogP contribution is -2.49. The highest BCUT2D eigenvalue weighted by atomic mass is 16.6. The minimum Gasteiger partial charge on any atom is -0.430 e. The quantitative estimate of drug-likeness (QED) is 0.415. The van der Waals surface area contributed by atoms with Gasteiger partial charge in [-0.05, 0) is 45.1 Å². The molecule has 0 saturated carbocycles. The molecule has 2 amide bonds. The van der Waals surface area contributed by atoms with Gasteiger partial charge in [0.2, 0.25) is 0 Å². The Morgan fingerprint density at radius 2 is 1.26 bits per heavy atom. The highest BCUT2D eigenvalue weighted by Gasteiger charge is 2.37.